The lowest BCUT2D eigenvalue weighted by Gasteiger charge is -2.44. The van der Waals surface area contributed by atoms with Crippen molar-refractivity contribution in [1.82, 2.24) is 0 Å². The number of carbonyl (C=O) groups excluding carboxylic acids is 1. The zero-order valence-corrected chi connectivity index (χ0v) is 18.8. The summed E-state index contributed by atoms with van der Waals surface area (Å²) in [5, 5.41) is 2.43. The van der Waals surface area contributed by atoms with Crippen LogP contribution in [0.3, 0.4) is 0 Å². The first kappa shape index (κ1) is 22.3. The molecule has 150 valence electrons. The van der Waals surface area contributed by atoms with Crippen LogP contribution in [-0.4, -0.2) is 20.2 Å². The van der Waals surface area contributed by atoms with Crippen molar-refractivity contribution in [3.05, 3.63) is 73.3 Å². The lowest BCUT2D eigenvalue weighted by atomic mass is 10.1. The van der Waals surface area contributed by atoms with Gasteiger partial charge in [-0.05, 0) is 35.2 Å². The fraction of sp³-hybridized carbons (Fsp3) is 0.400. The minimum atomic E-state index is -2.59. The molecule has 0 bridgehead atoms. The number of hydrogen-bond acceptors (Lipinski definition) is 2. The van der Waals surface area contributed by atoms with Gasteiger partial charge in [0.15, 0.2) is 0 Å². The van der Waals surface area contributed by atoms with Crippen LogP contribution >= 0.6 is 0 Å². The Balaban J connectivity index is 2.39. The van der Waals surface area contributed by atoms with Crippen molar-refractivity contribution in [2.75, 3.05) is 0 Å². The van der Waals surface area contributed by atoms with Crippen LogP contribution in [0.15, 0.2) is 73.3 Å². The Morgan fingerprint density at radius 3 is 1.96 bits per heavy atom. The van der Waals surface area contributed by atoms with Crippen LogP contribution in [0.4, 0.5) is 0 Å². The van der Waals surface area contributed by atoms with E-state index in [1.54, 1.807) is 0 Å². The fourth-order valence-corrected chi connectivity index (χ4v) is 8.60. The van der Waals surface area contributed by atoms with Gasteiger partial charge in [-0.2, -0.15) is 0 Å². The molecule has 2 aromatic carbocycles. The lowest BCUT2D eigenvalue weighted by molar-refractivity contribution is -0.120. The summed E-state index contributed by atoms with van der Waals surface area (Å²) in [4.78, 5) is 12.4. The molecule has 0 unspecified atom stereocenters. The average Bonchev–Trinajstić information content (AvgIpc) is 2.66. The number of ketones is 1. The van der Waals surface area contributed by atoms with Crippen LogP contribution < -0.4 is 10.4 Å². The number of Topliss-reactive ketones (excluding diaryl/α,β-unsaturated/α-hetero) is 1. The molecule has 0 N–H and O–H groups in total. The van der Waals surface area contributed by atoms with Crippen molar-refractivity contribution in [2.45, 2.75) is 64.5 Å². The van der Waals surface area contributed by atoms with Gasteiger partial charge in [0.1, 0.15) is 5.78 Å². The molecule has 0 radical (unpaired) electrons. The number of benzene rings is 2. The van der Waals surface area contributed by atoms with Crippen molar-refractivity contribution in [1.29, 1.82) is 0 Å². The van der Waals surface area contributed by atoms with Gasteiger partial charge >= 0.3 is 0 Å². The smallest absolute Gasteiger partial charge is 0.261 e. The number of unbranched alkanes of at least 4 members (excludes halogenated alkanes) is 1. The molecule has 2 aromatic rings. The minimum absolute atomic E-state index is 0.0736. The molecule has 0 heterocycles. The van der Waals surface area contributed by atoms with Crippen molar-refractivity contribution in [3.63, 3.8) is 0 Å². The second-order valence-corrected chi connectivity index (χ2v) is 12.8. The molecule has 0 saturated heterocycles. The highest BCUT2D eigenvalue weighted by molar-refractivity contribution is 6.99. The molecule has 0 aliphatic rings. The topological polar surface area (TPSA) is 26.3 Å². The monoisotopic (exact) mass is 394 g/mol. The van der Waals surface area contributed by atoms with E-state index >= 15 is 0 Å². The van der Waals surface area contributed by atoms with Crippen LogP contribution in [0.2, 0.25) is 5.04 Å². The first-order chi connectivity index (χ1) is 13.3. The molecule has 0 aliphatic heterocycles. The Bertz CT molecular complexity index is 708. The zero-order chi connectivity index (χ0) is 20.6. The Morgan fingerprint density at radius 1 is 1.04 bits per heavy atom. The summed E-state index contributed by atoms with van der Waals surface area (Å²) in [5.74, 6) is 0.271. The maximum atomic E-state index is 12.4. The summed E-state index contributed by atoms with van der Waals surface area (Å²) in [6.07, 6.45) is 4.56. The molecular formula is C25H34O2Si. The third-order valence-electron chi connectivity index (χ3n) is 5.17. The molecule has 28 heavy (non-hydrogen) atoms. The summed E-state index contributed by atoms with van der Waals surface area (Å²) < 4.78 is 6.95. The van der Waals surface area contributed by atoms with Gasteiger partial charge in [0.25, 0.3) is 8.32 Å². The summed E-state index contributed by atoms with van der Waals surface area (Å²) in [5.41, 5.74) is 0. The van der Waals surface area contributed by atoms with Gasteiger partial charge in [-0.3, -0.25) is 4.79 Å². The molecule has 0 aromatic heterocycles. The average molecular weight is 395 g/mol. The summed E-state index contributed by atoms with van der Waals surface area (Å²) >= 11 is 0. The number of carbonyl (C=O) groups is 1. The van der Waals surface area contributed by atoms with Gasteiger partial charge in [0.05, 0.1) is 0 Å². The number of rotatable bonds is 10. The molecule has 3 heteroatoms. The van der Waals surface area contributed by atoms with E-state index in [0.29, 0.717) is 12.8 Å². The maximum absolute atomic E-state index is 12.4. The van der Waals surface area contributed by atoms with Crippen LogP contribution in [0.25, 0.3) is 0 Å². The molecule has 2 nitrogen and oxygen atoms in total. The van der Waals surface area contributed by atoms with Crippen molar-refractivity contribution in [2.24, 2.45) is 0 Å². The summed E-state index contributed by atoms with van der Waals surface area (Å²) in [6, 6.07) is 21.2. The second kappa shape index (κ2) is 9.99. The van der Waals surface area contributed by atoms with Crippen molar-refractivity contribution in [3.8, 4) is 0 Å². The van der Waals surface area contributed by atoms with Crippen LogP contribution in [0.1, 0.15) is 53.4 Å². The molecule has 1 atom stereocenters. The lowest BCUT2D eigenvalue weighted by Crippen LogP contribution is -2.67. The molecule has 0 fully saturated rings. The normalized spacial score (nSPS) is 13.1. The largest absolute Gasteiger partial charge is 0.404 e. The van der Waals surface area contributed by atoms with E-state index < -0.39 is 8.32 Å². The van der Waals surface area contributed by atoms with Crippen LogP contribution in [0, 0.1) is 0 Å². The molecule has 0 amide bonds. The summed E-state index contributed by atoms with van der Waals surface area (Å²) in [7, 11) is -2.59. The van der Waals surface area contributed by atoms with Gasteiger partial charge in [-0.1, -0.05) is 87.5 Å². The van der Waals surface area contributed by atoms with Gasteiger partial charge in [-0.15, -0.1) is 6.58 Å². The Kier molecular flexibility index (Phi) is 7.96. The summed E-state index contributed by atoms with van der Waals surface area (Å²) in [6.45, 7) is 12.6. The van der Waals surface area contributed by atoms with E-state index in [1.807, 2.05) is 25.1 Å². The van der Waals surface area contributed by atoms with E-state index in [1.165, 1.54) is 10.4 Å². The van der Waals surface area contributed by atoms with E-state index in [2.05, 4.69) is 75.9 Å². The van der Waals surface area contributed by atoms with Gasteiger partial charge in [0.2, 0.25) is 0 Å². The van der Waals surface area contributed by atoms with Crippen molar-refractivity contribution < 1.29 is 9.22 Å². The quantitative estimate of drug-likeness (QED) is 0.312. The molecule has 0 spiro atoms. The number of hydrogen-bond donors (Lipinski definition) is 0. The van der Waals surface area contributed by atoms with E-state index in [9.17, 15) is 4.79 Å². The second-order valence-electron chi connectivity index (χ2n) is 8.52. The van der Waals surface area contributed by atoms with E-state index in [-0.39, 0.29) is 16.9 Å². The Morgan fingerprint density at radius 2 is 1.54 bits per heavy atom. The third kappa shape index (κ3) is 5.30. The molecule has 2 rings (SSSR count). The standard InChI is InChI=1S/C25H34O2Si/c1-6-7-10-15-22(26)20-21(2)27-28(25(3,4)5,23-16-11-8-12-17-23)24-18-13-9-14-19-24/h6,8-9,11-14,16-19,21H,1,7,10,15,20H2,2-5H3/t21-/m0/s1. The predicted molar refractivity (Wildman–Crippen MR) is 122 cm³/mol. The Hall–Kier alpha value is -1.97. The fourth-order valence-electron chi connectivity index (χ4n) is 3.90. The Labute approximate surface area is 171 Å². The third-order valence-corrected chi connectivity index (χ3v) is 10.3. The highest BCUT2D eigenvalue weighted by Crippen LogP contribution is 2.37. The van der Waals surface area contributed by atoms with Gasteiger partial charge < -0.3 is 4.43 Å². The van der Waals surface area contributed by atoms with Crippen LogP contribution in [0.5, 0.6) is 0 Å². The molecule has 0 aliphatic carbocycles. The first-order valence-corrected chi connectivity index (χ1v) is 12.1. The zero-order valence-electron chi connectivity index (χ0n) is 17.8. The molecular weight excluding hydrogens is 360 g/mol. The van der Waals surface area contributed by atoms with Crippen LogP contribution in [-0.2, 0) is 9.22 Å². The van der Waals surface area contributed by atoms with Crippen molar-refractivity contribution >= 4 is 24.5 Å². The first-order valence-electron chi connectivity index (χ1n) is 10.2. The SMILES string of the molecule is C=CCCCC(=O)C[C@H](C)O[Si](c1ccccc1)(c1ccccc1)C(C)(C)C. The minimum Gasteiger partial charge on any atom is -0.404 e. The van der Waals surface area contributed by atoms with Gasteiger partial charge in [0, 0.05) is 18.9 Å². The van der Waals surface area contributed by atoms with Gasteiger partial charge in [-0.25, -0.2) is 0 Å². The van der Waals surface area contributed by atoms with E-state index in [0.717, 1.165) is 12.8 Å². The predicted octanol–water partition coefficient (Wildman–Crippen LogP) is 5.27. The highest BCUT2D eigenvalue weighted by atomic mass is 28.4. The van der Waals surface area contributed by atoms with E-state index in [4.69, 9.17) is 4.43 Å². The highest BCUT2D eigenvalue weighted by Gasteiger charge is 2.51. The maximum Gasteiger partial charge on any atom is 0.261 e. The number of allylic oxidation sites excluding steroid dienone is 1. The molecule has 0 saturated carbocycles.